The number of hydrogen-bond donors (Lipinski definition) is 4. The number of aromatic nitrogens is 2. The molecule has 15 heteroatoms. The summed E-state index contributed by atoms with van der Waals surface area (Å²) in [6.07, 6.45) is -4.82. The van der Waals surface area contributed by atoms with Gasteiger partial charge in [0.05, 0.1) is 21.5 Å². The van der Waals surface area contributed by atoms with Crippen LogP contribution < -0.4 is 16.4 Å². The Hall–Kier alpha value is -3.01. The molecule has 30 heavy (non-hydrogen) atoms. The fourth-order valence-electron chi connectivity index (χ4n) is 2.15. The molecule has 0 amide bonds. The van der Waals surface area contributed by atoms with Gasteiger partial charge in [-0.15, -0.1) is 0 Å². The number of H-pyrrole nitrogens is 1. The van der Waals surface area contributed by atoms with Crippen LogP contribution in [-0.2, 0) is 26.3 Å². The third kappa shape index (κ3) is 5.53. The van der Waals surface area contributed by atoms with Crippen molar-refractivity contribution in [1.29, 1.82) is 0 Å². The molecule has 6 N–H and O–H groups in total. The van der Waals surface area contributed by atoms with Crippen molar-refractivity contribution in [2.24, 2.45) is 5.14 Å². The van der Waals surface area contributed by atoms with Crippen molar-refractivity contribution < 1.29 is 34.6 Å². The third-order valence-electron chi connectivity index (χ3n) is 3.47. The monoisotopic (exact) mass is 466 g/mol. The van der Waals surface area contributed by atoms with Crippen LogP contribution in [0.4, 0.5) is 18.9 Å². The summed E-state index contributed by atoms with van der Waals surface area (Å²) in [5.41, 5.74) is 4.04. The Morgan fingerprint density at radius 1 is 1.03 bits per heavy atom. The zero-order chi connectivity index (χ0) is 22.9. The van der Waals surface area contributed by atoms with Crippen LogP contribution in [-0.4, -0.2) is 31.4 Å². The molecule has 1 heterocycles. The average molecular weight is 466 g/mol. The Morgan fingerprint density at radius 3 is 2.10 bits per heavy atom. The first-order chi connectivity index (χ1) is 13.6. The smallest absolute Gasteiger partial charge is 0.398 e. The number of rotatable bonds is 2. The van der Waals surface area contributed by atoms with Crippen molar-refractivity contribution >= 4 is 36.7 Å². The predicted molar refractivity (Wildman–Crippen MR) is 99.4 cm³/mol. The molecule has 1 aromatic heterocycles. The average Bonchev–Trinajstić information content (AvgIpc) is 2.59. The van der Waals surface area contributed by atoms with Gasteiger partial charge in [-0.3, -0.25) is 9.35 Å². The van der Waals surface area contributed by atoms with E-state index in [1.165, 1.54) is 17.1 Å². The number of nitrogens with one attached hydrogen (secondary N) is 1. The molecular weight excluding hydrogens is 453 g/mol. The van der Waals surface area contributed by atoms with E-state index in [0.29, 0.717) is 0 Å². The van der Waals surface area contributed by atoms with E-state index in [-0.39, 0.29) is 21.5 Å². The SMILES string of the molecule is Nc1ccccc1S(N)(=O)=O.O=c1[nH]c(C(F)(F)F)nc2ccc(S(=O)(=O)O)cc12. The van der Waals surface area contributed by atoms with Crippen LogP contribution in [0.15, 0.2) is 57.1 Å². The van der Waals surface area contributed by atoms with E-state index in [4.69, 9.17) is 15.4 Å². The largest absolute Gasteiger partial charge is 0.449 e. The van der Waals surface area contributed by atoms with Gasteiger partial charge in [-0.25, -0.2) is 18.5 Å². The summed E-state index contributed by atoms with van der Waals surface area (Å²) < 4.78 is 89.2. The van der Waals surface area contributed by atoms with Gasteiger partial charge >= 0.3 is 6.18 Å². The zero-order valence-electron chi connectivity index (χ0n) is 14.6. The lowest BCUT2D eigenvalue weighted by molar-refractivity contribution is -0.144. The van der Waals surface area contributed by atoms with Crippen LogP contribution in [0.3, 0.4) is 0 Å². The number of halogens is 3. The summed E-state index contributed by atoms with van der Waals surface area (Å²) in [7, 11) is -8.21. The fourth-order valence-corrected chi connectivity index (χ4v) is 3.32. The molecule has 2 aromatic carbocycles. The van der Waals surface area contributed by atoms with E-state index in [1.807, 2.05) is 0 Å². The van der Waals surface area contributed by atoms with Crippen LogP contribution in [0, 0.1) is 0 Å². The van der Waals surface area contributed by atoms with E-state index in [0.717, 1.165) is 18.2 Å². The second-order valence-electron chi connectivity index (χ2n) is 5.65. The molecule has 10 nitrogen and oxygen atoms in total. The molecule has 0 atom stereocenters. The van der Waals surface area contributed by atoms with Gasteiger partial charge in [-0.2, -0.15) is 21.6 Å². The Bertz CT molecular complexity index is 1370. The highest BCUT2D eigenvalue weighted by Gasteiger charge is 2.34. The van der Waals surface area contributed by atoms with Gasteiger partial charge in [0.25, 0.3) is 15.7 Å². The van der Waals surface area contributed by atoms with Crippen molar-refractivity contribution in [2.75, 3.05) is 5.73 Å². The van der Waals surface area contributed by atoms with Crippen molar-refractivity contribution in [3.8, 4) is 0 Å². The Kier molecular flexibility index (Phi) is 6.22. The van der Waals surface area contributed by atoms with Gasteiger partial charge in [0.1, 0.15) is 4.90 Å². The second kappa shape index (κ2) is 8.02. The highest BCUT2D eigenvalue weighted by molar-refractivity contribution is 7.89. The number of alkyl halides is 3. The fraction of sp³-hybridized carbons (Fsp3) is 0.0667. The first-order valence-corrected chi connectivity index (χ1v) is 10.6. The van der Waals surface area contributed by atoms with Crippen LogP contribution in [0.5, 0.6) is 0 Å². The number of primary sulfonamides is 1. The van der Waals surface area contributed by atoms with Crippen molar-refractivity contribution in [2.45, 2.75) is 16.0 Å². The zero-order valence-corrected chi connectivity index (χ0v) is 16.2. The molecule has 3 rings (SSSR count). The molecule has 0 aliphatic rings. The van der Waals surface area contributed by atoms with Gasteiger partial charge in [0.2, 0.25) is 15.8 Å². The molecule has 0 aliphatic heterocycles. The first-order valence-electron chi connectivity index (χ1n) is 7.57. The Morgan fingerprint density at radius 2 is 1.63 bits per heavy atom. The molecule has 162 valence electrons. The topological polar surface area (TPSA) is 186 Å². The van der Waals surface area contributed by atoms with Gasteiger partial charge in [-0.05, 0) is 30.3 Å². The van der Waals surface area contributed by atoms with E-state index in [2.05, 4.69) is 4.98 Å². The van der Waals surface area contributed by atoms with E-state index in [9.17, 15) is 34.8 Å². The lowest BCUT2D eigenvalue weighted by Gasteiger charge is -2.06. The normalized spacial score (nSPS) is 12.3. The number of aromatic amines is 1. The molecule has 3 aromatic rings. The van der Waals surface area contributed by atoms with E-state index >= 15 is 0 Å². The summed E-state index contributed by atoms with van der Waals surface area (Å²) in [5, 5.41) is 4.48. The highest BCUT2D eigenvalue weighted by Crippen LogP contribution is 2.26. The van der Waals surface area contributed by atoms with Crippen molar-refractivity contribution in [3.05, 3.63) is 58.6 Å². The highest BCUT2D eigenvalue weighted by atomic mass is 32.2. The summed E-state index contributed by atoms with van der Waals surface area (Å²) in [4.78, 5) is 15.5. The number of nitrogen functional groups attached to an aromatic ring is 1. The number of nitrogens with two attached hydrogens (primary N) is 2. The van der Waals surface area contributed by atoms with Crippen molar-refractivity contribution in [3.63, 3.8) is 0 Å². The van der Waals surface area contributed by atoms with Crippen LogP contribution in [0.25, 0.3) is 10.9 Å². The molecule has 0 fully saturated rings. The summed E-state index contributed by atoms with van der Waals surface area (Å²) >= 11 is 0. The van der Waals surface area contributed by atoms with Crippen molar-refractivity contribution in [1.82, 2.24) is 9.97 Å². The summed E-state index contributed by atoms with van der Waals surface area (Å²) in [6, 6.07) is 8.56. The number of anilines is 1. The third-order valence-corrected chi connectivity index (χ3v) is 5.30. The molecule has 0 aliphatic carbocycles. The molecule has 0 spiro atoms. The summed E-state index contributed by atoms with van der Waals surface area (Å²) in [6.45, 7) is 0. The minimum Gasteiger partial charge on any atom is -0.398 e. The molecule has 0 bridgehead atoms. The maximum absolute atomic E-state index is 12.4. The van der Waals surface area contributed by atoms with E-state index < -0.39 is 42.6 Å². The first kappa shape index (κ1) is 23.3. The molecule has 0 unspecified atom stereocenters. The minimum atomic E-state index is -4.82. The molecular formula is C15H13F3N4O6S2. The number of sulfonamides is 1. The minimum absolute atomic E-state index is 0.0278. The number of nitrogens with zero attached hydrogens (tertiary/aromatic N) is 1. The molecule has 0 radical (unpaired) electrons. The number of para-hydroxylation sites is 1. The van der Waals surface area contributed by atoms with Gasteiger partial charge in [-0.1, -0.05) is 12.1 Å². The van der Waals surface area contributed by atoms with Crippen LogP contribution in [0.2, 0.25) is 0 Å². The Balaban J connectivity index is 0.000000248. The molecule has 0 saturated carbocycles. The standard InChI is InChI=1S/C9H5F3N2O4S.C6H8N2O2S/c10-9(11,12)8-13-6-2-1-4(19(16,17)18)3-5(6)7(15)14-8;7-5-3-1-2-4-6(5)11(8,9)10/h1-3H,(H,13,14,15)(H,16,17,18);1-4H,7H2,(H2,8,9,10). The Labute approximate surface area is 167 Å². The summed E-state index contributed by atoms with van der Waals surface area (Å²) in [5.74, 6) is -1.48. The second-order valence-corrected chi connectivity index (χ2v) is 8.60. The predicted octanol–water partition coefficient (Wildman–Crippen LogP) is 1.10. The van der Waals surface area contributed by atoms with Crippen LogP contribution >= 0.6 is 0 Å². The number of fused-ring (bicyclic) bond motifs is 1. The lowest BCUT2D eigenvalue weighted by Crippen LogP contribution is -2.19. The van der Waals surface area contributed by atoms with Gasteiger partial charge < -0.3 is 10.7 Å². The maximum Gasteiger partial charge on any atom is 0.449 e. The maximum atomic E-state index is 12.4. The van der Waals surface area contributed by atoms with Gasteiger partial charge in [0.15, 0.2) is 0 Å². The number of hydrogen-bond acceptors (Lipinski definition) is 7. The quantitative estimate of drug-likeness (QED) is 0.319. The molecule has 0 saturated heterocycles. The van der Waals surface area contributed by atoms with Gasteiger partial charge in [0, 0.05) is 0 Å². The lowest BCUT2D eigenvalue weighted by atomic mass is 10.2. The van der Waals surface area contributed by atoms with E-state index in [1.54, 1.807) is 12.1 Å². The van der Waals surface area contributed by atoms with Crippen LogP contribution in [0.1, 0.15) is 5.82 Å². The number of benzene rings is 2.